The van der Waals surface area contributed by atoms with E-state index >= 15 is 0 Å². The fourth-order valence-electron chi connectivity index (χ4n) is 4.05. The van der Waals surface area contributed by atoms with Crippen LogP contribution in [0.15, 0.2) is 18.2 Å². The van der Waals surface area contributed by atoms with Gasteiger partial charge in [0.15, 0.2) is 5.65 Å². The summed E-state index contributed by atoms with van der Waals surface area (Å²) in [6, 6.07) is 6.42. The van der Waals surface area contributed by atoms with Gasteiger partial charge in [-0.25, -0.2) is 0 Å². The highest BCUT2D eigenvalue weighted by Crippen LogP contribution is 2.25. The number of hydrogen-bond acceptors (Lipinski definition) is 4. The van der Waals surface area contributed by atoms with Gasteiger partial charge in [-0.2, -0.15) is 0 Å². The molecule has 1 amide bonds. The lowest BCUT2D eigenvalue weighted by Crippen LogP contribution is -2.46. The van der Waals surface area contributed by atoms with Crippen LogP contribution in [0.3, 0.4) is 0 Å². The van der Waals surface area contributed by atoms with Crippen LogP contribution in [0, 0.1) is 12.8 Å². The van der Waals surface area contributed by atoms with Crippen molar-refractivity contribution in [3.63, 3.8) is 0 Å². The molecule has 1 aliphatic carbocycles. The van der Waals surface area contributed by atoms with Crippen LogP contribution in [0.4, 0.5) is 5.95 Å². The fraction of sp³-hybridized carbons (Fsp3) is 0.611. The molecule has 0 radical (unpaired) electrons. The third-order valence-corrected chi connectivity index (χ3v) is 5.38. The predicted molar refractivity (Wildman–Crippen MR) is 93.1 cm³/mol. The Bertz CT molecular complexity index is 734. The monoisotopic (exact) mass is 327 g/mol. The van der Waals surface area contributed by atoms with Gasteiger partial charge in [-0.3, -0.25) is 9.20 Å². The number of amides is 1. The van der Waals surface area contributed by atoms with Gasteiger partial charge in [-0.15, -0.1) is 10.2 Å². The number of nitrogens with one attached hydrogen (secondary N) is 1. The molecular formula is C18H25N5O. The van der Waals surface area contributed by atoms with E-state index in [-0.39, 0.29) is 11.8 Å². The van der Waals surface area contributed by atoms with E-state index in [1.165, 1.54) is 12.8 Å². The Hall–Kier alpha value is -2.11. The Labute approximate surface area is 142 Å². The first-order valence-electron chi connectivity index (χ1n) is 9.08. The van der Waals surface area contributed by atoms with E-state index in [1.54, 1.807) is 0 Å². The van der Waals surface area contributed by atoms with Crippen LogP contribution in [-0.4, -0.2) is 39.6 Å². The van der Waals surface area contributed by atoms with Gasteiger partial charge in [-0.1, -0.05) is 18.9 Å². The van der Waals surface area contributed by atoms with E-state index in [4.69, 9.17) is 0 Å². The zero-order valence-electron chi connectivity index (χ0n) is 14.2. The maximum absolute atomic E-state index is 12.6. The Balaban J connectivity index is 1.50. The highest BCUT2D eigenvalue weighted by molar-refractivity contribution is 5.79. The molecule has 2 aromatic rings. The summed E-state index contributed by atoms with van der Waals surface area (Å²) in [6.45, 7) is 3.73. The van der Waals surface area contributed by atoms with Crippen LogP contribution in [0.1, 0.15) is 44.2 Å². The molecule has 2 fully saturated rings. The average Bonchev–Trinajstić information content (AvgIpc) is 3.25. The topological polar surface area (TPSA) is 62.5 Å². The second-order valence-electron chi connectivity index (χ2n) is 7.14. The number of anilines is 1. The standard InChI is InChI=1S/C18H25N5O/c1-13-6-4-10-16-20-21-18(23(13)16)22-11-5-7-14(12-22)17(24)19-15-8-2-3-9-15/h4,6,10,14-15H,2-3,5,7-9,11-12H2,1H3,(H,19,24)/t14-/m0/s1. The van der Waals surface area contributed by atoms with Gasteiger partial charge < -0.3 is 10.2 Å². The van der Waals surface area contributed by atoms with E-state index in [0.717, 1.165) is 56.1 Å². The molecular weight excluding hydrogens is 302 g/mol. The summed E-state index contributed by atoms with van der Waals surface area (Å²) in [5.41, 5.74) is 1.98. The van der Waals surface area contributed by atoms with Crippen molar-refractivity contribution in [3.05, 3.63) is 23.9 Å². The van der Waals surface area contributed by atoms with Crippen molar-refractivity contribution in [3.8, 4) is 0 Å². The molecule has 3 heterocycles. The van der Waals surface area contributed by atoms with Gasteiger partial charge in [0.2, 0.25) is 11.9 Å². The van der Waals surface area contributed by atoms with Gasteiger partial charge in [0.05, 0.1) is 5.92 Å². The molecule has 24 heavy (non-hydrogen) atoms. The minimum absolute atomic E-state index is 0.0516. The lowest BCUT2D eigenvalue weighted by atomic mass is 9.97. The molecule has 0 aromatic carbocycles. The van der Waals surface area contributed by atoms with Crippen molar-refractivity contribution >= 4 is 17.5 Å². The summed E-state index contributed by atoms with van der Waals surface area (Å²) in [5, 5.41) is 11.9. The first kappa shape index (κ1) is 15.4. The quantitative estimate of drug-likeness (QED) is 0.940. The molecule has 2 aromatic heterocycles. The zero-order chi connectivity index (χ0) is 16.5. The molecule has 0 spiro atoms. The number of pyridine rings is 1. The third-order valence-electron chi connectivity index (χ3n) is 5.38. The minimum atomic E-state index is 0.0516. The molecule has 0 unspecified atom stereocenters. The maximum atomic E-state index is 12.6. The van der Waals surface area contributed by atoms with Crippen LogP contribution < -0.4 is 10.2 Å². The SMILES string of the molecule is Cc1cccc2nnc(N3CCC[C@H](C(=O)NC4CCCC4)C3)n12. The summed E-state index contributed by atoms with van der Waals surface area (Å²) < 4.78 is 2.08. The van der Waals surface area contributed by atoms with E-state index in [2.05, 4.69) is 37.8 Å². The number of nitrogens with zero attached hydrogens (tertiary/aromatic N) is 4. The number of aromatic nitrogens is 3. The third kappa shape index (κ3) is 2.85. The number of fused-ring (bicyclic) bond motifs is 1. The smallest absolute Gasteiger partial charge is 0.231 e. The molecule has 128 valence electrons. The van der Waals surface area contributed by atoms with Gasteiger partial charge in [0, 0.05) is 24.8 Å². The van der Waals surface area contributed by atoms with Crippen LogP contribution in [0.25, 0.3) is 5.65 Å². The van der Waals surface area contributed by atoms with Crippen molar-refractivity contribution in [2.24, 2.45) is 5.92 Å². The first-order valence-corrected chi connectivity index (χ1v) is 9.08. The minimum Gasteiger partial charge on any atom is -0.353 e. The second-order valence-corrected chi connectivity index (χ2v) is 7.14. The van der Waals surface area contributed by atoms with Gasteiger partial charge in [0.25, 0.3) is 0 Å². The van der Waals surface area contributed by atoms with Crippen molar-refractivity contribution < 1.29 is 4.79 Å². The molecule has 2 aliphatic rings. The molecule has 6 heteroatoms. The highest BCUT2D eigenvalue weighted by Gasteiger charge is 2.30. The van der Waals surface area contributed by atoms with Crippen molar-refractivity contribution in [2.45, 2.75) is 51.5 Å². The molecule has 6 nitrogen and oxygen atoms in total. The molecule has 1 N–H and O–H groups in total. The molecule has 1 saturated carbocycles. The van der Waals surface area contributed by atoms with Gasteiger partial charge in [-0.05, 0) is 44.7 Å². The molecule has 4 rings (SSSR count). The predicted octanol–water partition coefficient (Wildman–Crippen LogP) is 2.31. The lowest BCUT2D eigenvalue weighted by molar-refractivity contribution is -0.125. The van der Waals surface area contributed by atoms with E-state index in [9.17, 15) is 4.79 Å². The number of rotatable bonds is 3. The molecule has 1 aliphatic heterocycles. The maximum Gasteiger partial charge on any atom is 0.231 e. The Morgan fingerprint density at radius 1 is 1.17 bits per heavy atom. The normalized spacial score (nSPS) is 22.2. The second kappa shape index (κ2) is 6.42. The number of carbonyl (C=O) groups is 1. The van der Waals surface area contributed by atoms with E-state index in [1.807, 2.05) is 12.1 Å². The molecule has 0 bridgehead atoms. The Morgan fingerprint density at radius 3 is 2.83 bits per heavy atom. The number of piperidine rings is 1. The highest BCUT2D eigenvalue weighted by atomic mass is 16.2. The van der Waals surface area contributed by atoms with Crippen LogP contribution in [-0.2, 0) is 4.79 Å². The van der Waals surface area contributed by atoms with Gasteiger partial charge in [0.1, 0.15) is 0 Å². The Kier molecular flexibility index (Phi) is 4.12. The van der Waals surface area contributed by atoms with Crippen molar-refractivity contribution in [1.82, 2.24) is 19.9 Å². The Morgan fingerprint density at radius 2 is 2.00 bits per heavy atom. The van der Waals surface area contributed by atoms with Crippen molar-refractivity contribution in [2.75, 3.05) is 18.0 Å². The lowest BCUT2D eigenvalue weighted by Gasteiger charge is -2.32. The molecule has 1 saturated heterocycles. The number of carbonyl (C=O) groups excluding carboxylic acids is 1. The van der Waals surface area contributed by atoms with Crippen LogP contribution >= 0.6 is 0 Å². The van der Waals surface area contributed by atoms with Crippen molar-refractivity contribution in [1.29, 1.82) is 0 Å². The van der Waals surface area contributed by atoms with Crippen LogP contribution in [0.2, 0.25) is 0 Å². The fourth-order valence-corrected chi connectivity index (χ4v) is 4.05. The van der Waals surface area contributed by atoms with Gasteiger partial charge >= 0.3 is 0 Å². The average molecular weight is 327 g/mol. The summed E-state index contributed by atoms with van der Waals surface area (Å²) in [6.07, 6.45) is 6.74. The summed E-state index contributed by atoms with van der Waals surface area (Å²) in [7, 11) is 0. The zero-order valence-corrected chi connectivity index (χ0v) is 14.2. The number of hydrogen-bond donors (Lipinski definition) is 1. The summed E-state index contributed by atoms with van der Waals surface area (Å²) >= 11 is 0. The number of aryl methyl sites for hydroxylation is 1. The van der Waals surface area contributed by atoms with E-state index in [0.29, 0.717) is 6.04 Å². The summed E-state index contributed by atoms with van der Waals surface area (Å²) in [5.74, 6) is 1.13. The van der Waals surface area contributed by atoms with Crippen LogP contribution in [0.5, 0.6) is 0 Å². The first-order chi connectivity index (χ1) is 11.7. The summed E-state index contributed by atoms with van der Waals surface area (Å²) in [4.78, 5) is 14.8. The molecule has 1 atom stereocenters. The van der Waals surface area contributed by atoms with E-state index < -0.39 is 0 Å². The largest absolute Gasteiger partial charge is 0.353 e.